The molecule has 2 aliphatic rings. The molecule has 22 heavy (non-hydrogen) atoms. The summed E-state index contributed by atoms with van der Waals surface area (Å²) >= 11 is 0. The molecule has 1 aliphatic heterocycles. The highest BCUT2D eigenvalue weighted by molar-refractivity contribution is 5.76. The van der Waals surface area contributed by atoms with Crippen LogP contribution in [0, 0.1) is 5.41 Å². The molecule has 5 heteroatoms. The van der Waals surface area contributed by atoms with Gasteiger partial charge in [-0.1, -0.05) is 20.8 Å². The predicted octanol–water partition coefficient (Wildman–Crippen LogP) is 1.33. The third-order valence-corrected chi connectivity index (χ3v) is 6.18. The molecule has 1 saturated carbocycles. The lowest BCUT2D eigenvalue weighted by atomic mass is 9.56. The van der Waals surface area contributed by atoms with E-state index in [1.165, 1.54) is 0 Å². The largest absolute Gasteiger partial charge is 0.378 e. The Hall–Kier alpha value is -0.650. The summed E-state index contributed by atoms with van der Waals surface area (Å²) in [6, 6.07) is 0.224. The number of rotatable bonds is 6. The molecule has 0 unspecified atom stereocenters. The third kappa shape index (κ3) is 3.47. The molecule has 0 aromatic heterocycles. The average molecular weight is 311 g/mol. The fourth-order valence-electron chi connectivity index (χ4n) is 3.58. The van der Waals surface area contributed by atoms with Gasteiger partial charge in [-0.2, -0.15) is 0 Å². The molecule has 0 aromatic rings. The van der Waals surface area contributed by atoms with Crippen molar-refractivity contribution >= 4 is 5.91 Å². The van der Waals surface area contributed by atoms with Gasteiger partial charge in [0.2, 0.25) is 5.91 Å². The van der Waals surface area contributed by atoms with Crippen LogP contribution in [0.25, 0.3) is 0 Å². The molecule has 1 amide bonds. The van der Waals surface area contributed by atoms with Gasteiger partial charge in [-0.05, 0) is 19.9 Å². The standard InChI is InChI=1S/C17H33N3O2/c1-6-19-9-11-20(12-10-19)8-7-15(21)18-14-13-17(4,22-5)16(14,2)3/h14H,6-13H2,1-5H3,(H,18,21)/t14-,17+/m0/s1. The lowest BCUT2D eigenvalue weighted by Crippen LogP contribution is -2.68. The third-order valence-electron chi connectivity index (χ3n) is 6.18. The number of hydrogen-bond acceptors (Lipinski definition) is 4. The normalized spacial score (nSPS) is 32.5. The minimum atomic E-state index is -0.124. The Morgan fingerprint density at radius 3 is 2.27 bits per heavy atom. The minimum absolute atomic E-state index is 0.00976. The van der Waals surface area contributed by atoms with E-state index in [-0.39, 0.29) is 23.0 Å². The van der Waals surface area contributed by atoms with Gasteiger partial charge in [0.25, 0.3) is 0 Å². The molecule has 0 spiro atoms. The van der Waals surface area contributed by atoms with Crippen LogP contribution in [0.1, 0.15) is 40.5 Å². The van der Waals surface area contributed by atoms with Crippen LogP contribution in [-0.4, -0.2) is 73.7 Å². The molecule has 0 bridgehead atoms. The van der Waals surface area contributed by atoms with Crippen LogP contribution in [0.4, 0.5) is 0 Å². The van der Waals surface area contributed by atoms with Crippen molar-refractivity contribution in [2.24, 2.45) is 5.41 Å². The van der Waals surface area contributed by atoms with Gasteiger partial charge in [0.15, 0.2) is 0 Å². The van der Waals surface area contributed by atoms with E-state index in [1.807, 2.05) is 0 Å². The second kappa shape index (κ2) is 6.85. The van der Waals surface area contributed by atoms with Crippen molar-refractivity contribution in [3.8, 4) is 0 Å². The molecule has 2 rings (SSSR count). The van der Waals surface area contributed by atoms with Crippen LogP contribution in [0.5, 0.6) is 0 Å². The van der Waals surface area contributed by atoms with Crippen molar-refractivity contribution in [1.82, 2.24) is 15.1 Å². The maximum atomic E-state index is 12.2. The van der Waals surface area contributed by atoms with Gasteiger partial charge in [-0.15, -0.1) is 0 Å². The maximum Gasteiger partial charge on any atom is 0.221 e. The molecule has 0 aromatic carbocycles. The average Bonchev–Trinajstić information content (AvgIpc) is 2.52. The summed E-state index contributed by atoms with van der Waals surface area (Å²) in [5, 5.41) is 3.20. The lowest BCUT2D eigenvalue weighted by molar-refractivity contribution is -0.182. The van der Waals surface area contributed by atoms with E-state index in [2.05, 4.69) is 42.8 Å². The highest BCUT2D eigenvalue weighted by atomic mass is 16.5. The van der Waals surface area contributed by atoms with Crippen molar-refractivity contribution in [2.45, 2.75) is 52.2 Å². The highest BCUT2D eigenvalue weighted by Gasteiger charge is 2.58. The van der Waals surface area contributed by atoms with Gasteiger partial charge in [0, 0.05) is 57.7 Å². The summed E-state index contributed by atoms with van der Waals surface area (Å²) in [4.78, 5) is 17.1. The Morgan fingerprint density at radius 1 is 1.18 bits per heavy atom. The molecule has 1 heterocycles. The van der Waals surface area contributed by atoms with Gasteiger partial charge in [0.1, 0.15) is 0 Å². The van der Waals surface area contributed by atoms with E-state index in [4.69, 9.17) is 4.74 Å². The first-order chi connectivity index (χ1) is 10.3. The fourth-order valence-corrected chi connectivity index (χ4v) is 3.58. The van der Waals surface area contributed by atoms with E-state index in [9.17, 15) is 4.79 Å². The first-order valence-corrected chi connectivity index (χ1v) is 8.61. The Kier molecular flexibility index (Phi) is 5.51. The fraction of sp³-hybridized carbons (Fsp3) is 0.941. The van der Waals surface area contributed by atoms with Gasteiger partial charge in [-0.3, -0.25) is 4.79 Å². The summed E-state index contributed by atoms with van der Waals surface area (Å²) in [7, 11) is 1.76. The summed E-state index contributed by atoms with van der Waals surface area (Å²) < 4.78 is 5.61. The first-order valence-electron chi connectivity index (χ1n) is 8.61. The summed E-state index contributed by atoms with van der Waals surface area (Å²) in [5.74, 6) is 0.175. The number of amides is 1. The van der Waals surface area contributed by atoms with Crippen LogP contribution in [0.3, 0.4) is 0 Å². The molecule has 2 fully saturated rings. The number of methoxy groups -OCH3 is 1. The number of nitrogens with one attached hydrogen (secondary N) is 1. The summed E-state index contributed by atoms with van der Waals surface area (Å²) in [6.07, 6.45) is 1.50. The topological polar surface area (TPSA) is 44.8 Å². The zero-order valence-corrected chi connectivity index (χ0v) is 14.9. The second-order valence-electron chi connectivity index (χ2n) is 7.51. The summed E-state index contributed by atoms with van der Waals surface area (Å²) in [5.41, 5.74) is -0.133. The van der Waals surface area contributed by atoms with Crippen LogP contribution < -0.4 is 5.32 Å². The van der Waals surface area contributed by atoms with Gasteiger partial charge in [-0.25, -0.2) is 0 Å². The molecular weight excluding hydrogens is 278 g/mol. The van der Waals surface area contributed by atoms with E-state index in [0.29, 0.717) is 6.42 Å². The molecule has 1 saturated heterocycles. The first kappa shape index (κ1) is 17.7. The van der Waals surface area contributed by atoms with E-state index >= 15 is 0 Å². The number of hydrogen-bond donors (Lipinski definition) is 1. The quantitative estimate of drug-likeness (QED) is 0.804. The monoisotopic (exact) mass is 311 g/mol. The van der Waals surface area contributed by atoms with E-state index < -0.39 is 0 Å². The van der Waals surface area contributed by atoms with Crippen molar-refractivity contribution in [3.05, 3.63) is 0 Å². The van der Waals surface area contributed by atoms with E-state index in [1.54, 1.807) is 7.11 Å². The Bertz CT molecular complexity index is 391. The Balaban J connectivity index is 1.69. The zero-order chi connectivity index (χ0) is 16.4. The predicted molar refractivity (Wildman–Crippen MR) is 88.9 cm³/mol. The highest BCUT2D eigenvalue weighted by Crippen LogP contribution is 2.51. The molecule has 128 valence electrons. The van der Waals surface area contributed by atoms with Crippen LogP contribution in [0.2, 0.25) is 0 Å². The number of likely N-dealkylation sites (N-methyl/N-ethyl adjacent to an activating group) is 1. The lowest BCUT2D eigenvalue weighted by Gasteiger charge is -2.59. The van der Waals surface area contributed by atoms with Crippen molar-refractivity contribution < 1.29 is 9.53 Å². The van der Waals surface area contributed by atoms with Crippen LogP contribution in [-0.2, 0) is 9.53 Å². The van der Waals surface area contributed by atoms with Gasteiger partial charge < -0.3 is 19.9 Å². The van der Waals surface area contributed by atoms with Gasteiger partial charge >= 0.3 is 0 Å². The van der Waals surface area contributed by atoms with E-state index in [0.717, 1.165) is 45.7 Å². The van der Waals surface area contributed by atoms with Crippen LogP contribution in [0.15, 0.2) is 0 Å². The molecule has 1 N–H and O–H groups in total. The summed E-state index contributed by atoms with van der Waals surface area (Å²) in [6.45, 7) is 15.1. The number of nitrogens with zero attached hydrogens (tertiary/aromatic N) is 2. The van der Waals surface area contributed by atoms with Gasteiger partial charge in [0.05, 0.1) is 5.60 Å². The number of carbonyl (C=O) groups excluding carboxylic acids is 1. The molecular formula is C17H33N3O2. The molecule has 5 nitrogen and oxygen atoms in total. The van der Waals surface area contributed by atoms with Crippen molar-refractivity contribution in [2.75, 3.05) is 46.4 Å². The van der Waals surface area contributed by atoms with Crippen molar-refractivity contribution in [3.63, 3.8) is 0 Å². The molecule has 2 atom stereocenters. The SMILES string of the molecule is CCN1CCN(CCC(=O)N[C@H]2C[C@@](C)(OC)C2(C)C)CC1. The molecule has 0 radical (unpaired) electrons. The zero-order valence-electron chi connectivity index (χ0n) is 14.9. The minimum Gasteiger partial charge on any atom is -0.378 e. The Labute approximate surface area is 135 Å². The maximum absolute atomic E-state index is 12.2. The second-order valence-corrected chi connectivity index (χ2v) is 7.51. The Morgan fingerprint density at radius 2 is 1.77 bits per heavy atom. The van der Waals surface area contributed by atoms with Crippen molar-refractivity contribution in [1.29, 1.82) is 0 Å². The number of piperazine rings is 1. The number of ether oxygens (including phenoxy) is 1. The number of carbonyl (C=O) groups is 1. The molecule has 1 aliphatic carbocycles. The van der Waals surface area contributed by atoms with Crippen LogP contribution >= 0.6 is 0 Å². The smallest absolute Gasteiger partial charge is 0.221 e.